The number of hydrogen-bond donors (Lipinski definition) is 1. The lowest BCUT2D eigenvalue weighted by Gasteiger charge is -2.20. The molecule has 19 heavy (non-hydrogen) atoms. The average molecular weight is 319 g/mol. The van der Waals surface area contributed by atoms with Gasteiger partial charge in [-0.2, -0.15) is 10.2 Å². The Morgan fingerprint density at radius 1 is 1.42 bits per heavy atom. The molecule has 0 aliphatic rings. The van der Waals surface area contributed by atoms with E-state index in [9.17, 15) is 4.79 Å². The highest BCUT2D eigenvalue weighted by Crippen LogP contribution is 2.27. The van der Waals surface area contributed by atoms with Crippen LogP contribution >= 0.6 is 15.9 Å². The quantitative estimate of drug-likeness (QED) is 0.923. The van der Waals surface area contributed by atoms with Crippen LogP contribution in [0.25, 0.3) is 0 Å². The largest absolute Gasteiger partial charge is 0.347 e. The minimum atomic E-state index is -0.534. The van der Waals surface area contributed by atoms with Gasteiger partial charge in [-0.3, -0.25) is 4.98 Å². The van der Waals surface area contributed by atoms with E-state index in [1.807, 2.05) is 31.2 Å². The Bertz CT molecular complexity index is 717. The van der Waals surface area contributed by atoms with Gasteiger partial charge in [0.2, 0.25) is 0 Å². The monoisotopic (exact) mass is 318 g/mol. The third-order valence-corrected chi connectivity index (χ3v) is 3.22. The lowest BCUT2D eigenvalue weighted by molar-refractivity contribution is 1.01. The highest BCUT2D eigenvalue weighted by Gasteiger charge is 2.10. The number of halogens is 1. The Hall–Kier alpha value is -2.13. The number of aryl methyl sites for hydroxylation is 1. The van der Waals surface area contributed by atoms with Gasteiger partial charge in [-0.1, -0.05) is 22.0 Å². The second kappa shape index (κ2) is 5.24. The lowest BCUT2D eigenvalue weighted by atomic mass is 10.2. The molecule has 96 valence electrons. The van der Waals surface area contributed by atoms with Crippen LogP contribution in [0.4, 0.5) is 11.5 Å². The molecule has 0 aliphatic carbocycles. The molecule has 0 atom stereocenters. The van der Waals surface area contributed by atoms with Gasteiger partial charge in [0.25, 0.3) is 0 Å². The van der Waals surface area contributed by atoms with Crippen molar-refractivity contribution in [2.75, 3.05) is 11.9 Å². The Morgan fingerprint density at radius 2 is 2.16 bits per heavy atom. The van der Waals surface area contributed by atoms with Crippen molar-refractivity contribution in [2.24, 2.45) is 0 Å². The number of nitriles is 1. The van der Waals surface area contributed by atoms with E-state index in [0.29, 0.717) is 5.82 Å². The molecule has 1 N–H and O–H groups in total. The Kier molecular flexibility index (Phi) is 3.67. The van der Waals surface area contributed by atoms with E-state index in [4.69, 9.17) is 5.26 Å². The normalized spacial score (nSPS) is 10.0. The molecular formula is C13H11BrN4O. The Labute approximate surface area is 118 Å². The van der Waals surface area contributed by atoms with Crippen LogP contribution in [0.5, 0.6) is 0 Å². The topological polar surface area (TPSA) is 72.8 Å². The lowest BCUT2D eigenvalue weighted by Crippen LogP contribution is -2.20. The van der Waals surface area contributed by atoms with Crippen molar-refractivity contribution in [3.63, 3.8) is 0 Å². The molecule has 0 aliphatic heterocycles. The van der Waals surface area contributed by atoms with Crippen molar-refractivity contribution in [3.05, 3.63) is 50.5 Å². The number of nitrogens with one attached hydrogen (secondary N) is 1. The average Bonchev–Trinajstić information content (AvgIpc) is 2.40. The fourth-order valence-electron chi connectivity index (χ4n) is 1.74. The summed E-state index contributed by atoms with van der Waals surface area (Å²) in [4.78, 5) is 19.4. The Balaban J connectivity index is 2.53. The van der Waals surface area contributed by atoms with Crippen LogP contribution < -0.4 is 10.6 Å². The molecule has 0 saturated heterocycles. The maximum atomic E-state index is 11.4. The third-order valence-electron chi connectivity index (χ3n) is 2.73. The van der Waals surface area contributed by atoms with Crippen molar-refractivity contribution < 1.29 is 0 Å². The van der Waals surface area contributed by atoms with E-state index in [0.717, 1.165) is 15.7 Å². The number of hydrogen-bond acceptors (Lipinski definition) is 4. The number of aromatic nitrogens is 2. The van der Waals surface area contributed by atoms with Gasteiger partial charge in [0.05, 0.1) is 0 Å². The molecule has 2 aromatic rings. The minimum absolute atomic E-state index is 0.189. The van der Waals surface area contributed by atoms with Gasteiger partial charge in [0.1, 0.15) is 17.6 Å². The van der Waals surface area contributed by atoms with Gasteiger partial charge in [-0.25, -0.2) is 4.79 Å². The summed E-state index contributed by atoms with van der Waals surface area (Å²) in [5.74, 6) is 0.432. The van der Waals surface area contributed by atoms with Crippen LogP contribution in [-0.2, 0) is 0 Å². The molecule has 1 heterocycles. The van der Waals surface area contributed by atoms with Gasteiger partial charge in [-0.05, 0) is 24.6 Å². The molecule has 1 aromatic carbocycles. The number of aromatic amines is 1. The summed E-state index contributed by atoms with van der Waals surface area (Å²) < 4.78 is 0.935. The van der Waals surface area contributed by atoms with Crippen molar-refractivity contribution in [1.82, 2.24) is 9.97 Å². The molecule has 1 aromatic heterocycles. The second-order valence-corrected chi connectivity index (χ2v) is 4.98. The van der Waals surface area contributed by atoms with Crippen LogP contribution in [-0.4, -0.2) is 17.0 Å². The van der Waals surface area contributed by atoms with E-state index in [2.05, 4.69) is 25.9 Å². The molecule has 2 rings (SSSR count). The first-order valence-electron chi connectivity index (χ1n) is 5.52. The maximum absolute atomic E-state index is 11.4. The maximum Gasteiger partial charge on any atom is 0.347 e. The summed E-state index contributed by atoms with van der Waals surface area (Å²) in [5, 5.41) is 8.86. The Morgan fingerprint density at radius 3 is 2.84 bits per heavy atom. The van der Waals surface area contributed by atoms with Crippen molar-refractivity contribution in [3.8, 4) is 6.07 Å². The third kappa shape index (κ3) is 2.83. The van der Waals surface area contributed by atoms with Crippen LogP contribution in [0.15, 0.2) is 33.5 Å². The summed E-state index contributed by atoms with van der Waals surface area (Å²) in [6.45, 7) is 1.97. The van der Waals surface area contributed by atoms with Crippen LogP contribution in [0.2, 0.25) is 0 Å². The molecule has 0 unspecified atom stereocenters. The number of rotatable bonds is 2. The first-order valence-corrected chi connectivity index (χ1v) is 6.32. The van der Waals surface area contributed by atoms with Gasteiger partial charge in [-0.15, -0.1) is 0 Å². The molecule has 0 radical (unpaired) electrons. The molecule has 0 saturated carbocycles. The zero-order chi connectivity index (χ0) is 14.0. The summed E-state index contributed by atoms with van der Waals surface area (Å²) in [6.07, 6.45) is 0. The van der Waals surface area contributed by atoms with Crippen LogP contribution in [0.1, 0.15) is 11.3 Å². The predicted molar refractivity (Wildman–Crippen MR) is 76.5 cm³/mol. The van der Waals surface area contributed by atoms with Gasteiger partial charge in [0.15, 0.2) is 0 Å². The van der Waals surface area contributed by atoms with Gasteiger partial charge < -0.3 is 4.90 Å². The van der Waals surface area contributed by atoms with E-state index >= 15 is 0 Å². The number of anilines is 2. The first kappa shape index (κ1) is 13.3. The van der Waals surface area contributed by atoms with E-state index in [1.165, 1.54) is 0 Å². The highest BCUT2D eigenvalue weighted by atomic mass is 79.9. The molecule has 0 bridgehead atoms. The zero-order valence-electron chi connectivity index (χ0n) is 10.4. The second-order valence-electron chi connectivity index (χ2n) is 4.06. The van der Waals surface area contributed by atoms with Crippen LogP contribution in [0.3, 0.4) is 0 Å². The molecule has 6 heteroatoms. The SMILES string of the molecule is Cc1ccc(Br)cc1N(C)c1cc(C#N)[nH]c(=O)n1. The number of H-pyrrole nitrogens is 1. The fourth-order valence-corrected chi connectivity index (χ4v) is 2.09. The van der Waals surface area contributed by atoms with Crippen molar-refractivity contribution >= 4 is 27.4 Å². The smallest absolute Gasteiger partial charge is 0.329 e. The zero-order valence-corrected chi connectivity index (χ0v) is 12.0. The van der Waals surface area contributed by atoms with Crippen LogP contribution in [0, 0.1) is 18.3 Å². The van der Waals surface area contributed by atoms with Gasteiger partial charge in [0, 0.05) is 23.3 Å². The van der Waals surface area contributed by atoms with Gasteiger partial charge >= 0.3 is 5.69 Å². The summed E-state index contributed by atoms with van der Waals surface area (Å²) >= 11 is 3.41. The van der Waals surface area contributed by atoms with E-state index in [-0.39, 0.29) is 5.69 Å². The molecule has 0 fully saturated rings. The summed E-state index contributed by atoms with van der Waals surface area (Å²) in [7, 11) is 1.80. The molecular weight excluding hydrogens is 308 g/mol. The fraction of sp³-hybridized carbons (Fsp3) is 0.154. The first-order chi connectivity index (χ1) is 9.01. The van der Waals surface area contributed by atoms with Crippen molar-refractivity contribution in [2.45, 2.75) is 6.92 Å². The molecule has 0 amide bonds. The standard InChI is InChI=1S/C13H11BrN4O/c1-8-3-4-9(14)5-11(8)18(2)12-6-10(7-15)16-13(19)17-12/h3-6H,1-2H3,(H,16,17,19). The summed E-state index contributed by atoms with van der Waals surface area (Å²) in [6, 6.07) is 9.30. The number of nitrogens with zero attached hydrogens (tertiary/aromatic N) is 3. The van der Waals surface area contributed by atoms with E-state index in [1.54, 1.807) is 18.0 Å². The minimum Gasteiger partial charge on any atom is -0.329 e. The summed E-state index contributed by atoms with van der Waals surface area (Å²) in [5.41, 5.74) is 1.62. The highest BCUT2D eigenvalue weighted by molar-refractivity contribution is 9.10. The number of benzene rings is 1. The molecule has 0 spiro atoms. The molecule has 5 nitrogen and oxygen atoms in total. The van der Waals surface area contributed by atoms with Crippen molar-refractivity contribution in [1.29, 1.82) is 5.26 Å². The predicted octanol–water partition coefficient (Wildman–Crippen LogP) is 2.48. The van der Waals surface area contributed by atoms with E-state index < -0.39 is 5.69 Å².